The fourth-order valence-corrected chi connectivity index (χ4v) is 2.47. The van der Waals surface area contributed by atoms with E-state index in [2.05, 4.69) is 29.1 Å². The number of methoxy groups -OCH3 is 1. The molecule has 6 heteroatoms. The van der Waals surface area contributed by atoms with Gasteiger partial charge in [0.2, 0.25) is 0 Å². The Bertz CT molecular complexity index is 291. The molecule has 0 spiro atoms. The summed E-state index contributed by atoms with van der Waals surface area (Å²) in [5, 5.41) is 3.14. The molecule has 0 amide bonds. The zero-order valence-corrected chi connectivity index (χ0v) is 15.6. The van der Waals surface area contributed by atoms with Gasteiger partial charge in [-0.3, -0.25) is 9.89 Å². The number of aliphatic imine (C=N–C) groups is 1. The number of nitrogens with one attached hydrogen (secondary N) is 1. The molecule has 0 saturated carbocycles. The van der Waals surface area contributed by atoms with Crippen molar-refractivity contribution in [2.24, 2.45) is 10.7 Å². The van der Waals surface area contributed by atoms with Crippen LogP contribution in [0.2, 0.25) is 0 Å². The van der Waals surface area contributed by atoms with Crippen LogP contribution < -0.4 is 11.1 Å². The van der Waals surface area contributed by atoms with E-state index in [-0.39, 0.29) is 35.6 Å². The Kier molecular flexibility index (Phi) is 9.74. The number of hydrogen-bond acceptors (Lipinski definition) is 3. The van der Waals surface area contributed by atoms with Crippen LogP contribution in [0.1, 0.15) is 40.0 Å². The molecule has 0 aromatic carbocycles. The molecule has 1 rings (SSSR count). The highest BCUT2D eigenvalue weighted by molar-refractivity contribution is 14.0. The summed E-state index contributed by atoms with van der Waals surface area (Å²) in [6.07, 6.45) is 3.95. The summed E-state index contributed by atoms with van der Waals surface area (Å²) in [6, 6.07) is 0.187. The van der Waals surface area contributed by atoms with Gasteiger partial charge < -0.3 is 15.8 Å². The lowest BCUT2D eigenvalue weighted by Gasteiger charge is -2.40. The number of halogens is 1. The molecule has 0 bridgehead atoms. The standard InChI is InChI=1S/C14H30N4O.HI/c1-12(10-19-4)17-13(15)16-11-14(2,3)18-8-6-5-7-9-18;/h12H,5-11H2,1-4H3,(H3,15,16,17);1H. The first-order valence-corrected chi connectivity index (χ1v) is 7.26. The molecule has 0 aromatic rings. The highest BCUT2D eigenvalue weighted by Gasteiger charge is 2.27. The van der Waals surface area contributed by atoms with E-state index < -0.39 is 0 Å². The minimum atomic E-state index is 0. The maximum absolute atomic E-state index is 5.91. The summed E-state index contributed by atoms with van der Waals surface area (Å²) in [7, 11) is 1.69. The lowest BCUT2D eigenvalue weighted by molar-refractivity contribution is 0.102. The zero-order chi connectivity index (χ0) is 14.3. The zero-order valence-electron chi connectivity index (χ0n) is 13.3. The van der Waals surface area contributed by atoms with Crippen molar-refractivity contribution in [3.63, 3.8) is 0 Å². The van der Waals surface area contributed by atoms with Crippen LogP contribution in [-0.4, -0.2) is 55.8 Å². The number of guanidine groups is 1. The summed E-state index contributed by atoms with van der Waals surface area (Å²) in [4.78, 5) is 7.00. The third-order valence-electron chi connectivity index (χ3n) is 3.66. The van der Waals surface area contributed by atoms with Gasteiger partial charge in [-0.25, -0.2) is 0 Å². The van der Waals surface area contributed by atoms with E-state index in [1.807, 2.05) is 6.92 Å². The molecule has 1 atom stereocenters. The molecule has 1 fully saturated rings. The number of rotatable bonds is 6. The molecule has 3 N–H and O–H groups in total. The smallest absolute Gasteiger partial charge is 0.188 e. The maximum atomic E-state index is 5.91. The summed E-state index contributed by atoms with van der Waals surface area (Å²) in [5.41, 5.74) is 5.99. The second-order valence-corrected chi connectivity index (χ2v) is 6.06. The van der Waals surface area contributed by atoms with Gasteiger partial charge in [0.15, 0.2) is 5.96 Å². The Morgan fingerprint density at radius 2 is 1.95 bits per heavy atom. The molecule has 1 aliphatic rings. The molecular formula is C14H31IN4O. The van der Waals surface area contributed by atoms with E-state index >= 15 is 0 Å². The van der Waals surface area contributed by atoms with Crippen molar-refractivity contribution in [2.75, 3.05) is 33.4 Å². The molecule has 0 radical (unpaired) electrons. The Morgan fingerprint density at radius 1 is 1.35 bits per heavy atom. The minimum Gasteiger partial charge on any atom is -0.383 e. The van der Waals surface area contributed by atoms with Crippen molar-refractivity contribution < 1.29 is 4.74 Å². The number of ether oxygens (including phenoxy) is 1. The van der Waals surface area contributed by atoms with Crippen LogP contribution in [0.15, 0.2) is 4.99 Å². The number of piperidine rings is 1. The van der Waals surface area contributed by atoms with Crippen LogP contribution in [0.4, 0.5) is 0 Å². The van der Waals surface area contributed by atoms with Gasteiger partial charge in [-0.2, -0.15) is 0 Å². The van der Waals surface area contributed by atoms with Gasteiger partial charge in [0.05, 0.1) is 13.2 Å². The molecule has 0 aromatic heterocycles. The minimum absolute atomic E-state index is 0. The van der Waals surface area contributed by atoms with E-state index in [4.69, 9.17) is 10.5 Å². The van der Waals surface area contributed by atoms with Crippen molar-refractivity contribution in [1.82, 2.24) is 10.2 Å². The molecule has 1 saturated heterocycles. The van der Waals surface area contributed by atoms with Gasteiger partial charge in [-0.05, 0) is 46.7 Å². The second-order valence-electron chi connectivity index (χ2n) is 6.06. The molecule has 5 nitrogen and oxygen atoms in total. The first kappa shape index (κ1) is 19.9. The number of likely N-dealkylation sites (tertiary alicyclic amines) is 1. The molecule has 1 unspecified atom stereocenters. The third kappa shape index (κ3) is 7.08. The first-order valence-electron chi connectivity index (χ1n) is 7.26. The Labute approximate surface area is 140 Å². The fourth-order valence-electron chi connectivity index (χ4n) is 2.47. The molecule has 1 aliphatic heterocycles. The van der Waals surface area contributed by atoms with Gasteiger partial charge in [-0.1, -0.05) is 6.42 Å². The third-order valence-corrected chi connectivity index (χ3v) is 3.66. The second kappa shape index (κ2) is 9.78. The van der Waals surface area contributed by atoms with Crippen LogP contribution in [0.3, 0.4) is 0 Å². The Balaban J connectivity index is 0.00000361. The van der Waals surface area contributed by atoms with Crippen LogP contribution >= 0.6 is 24.0 Å². The molecule has 1 heterocycles. The Morgan fingerprint density at radius 3 is 2.50 bits per heavy atom. The predicted octanol–water partition coefficient (Wildman–Crippen LogP) is 1.81. The SMILES string of the molecule is COCC(C)NC(N)=NCC(C)(C)N1CCCCC1.I. The van der Waals surface area contributed by atoms with Gasteiger partial charge in [0.25, 0.3) is 0 Å². The number of hydrogen-bond donors (Lipinski definition) is 2. The normalized spacial score (nSPS) is 19.3. The lowest BCUT2D eigenvalue weighted by Crippen LogP contribution is -2.49. The molecule has 0 aliphatic carbocycles. The van der Waals surface area contributed by atoms with Crippen LogP contribution in [-0.2, 0) is 4.74 Å². The van der Waals surface area contributed by atoms with E-state index in [1.165, 1.54) is 32.4 Å². The van der Waals surface area contributed by atoms with Gasteiger partial charge in [0.1, 0.15) is 0 Å². The van der Waals surface area contributed by atoms with Crippen molar-refractivity contribution in [1.29, 1.82) is 0 Å². The van der Waals surface area contributed by atoms with Crippen LogP contribution in [0, 0.1) is 0 Å². The van der Waals surface area contributed by atoms with Crippen molar-refractivity contribution in [3.05, 3.63) is 0 Å². The van der Waals surface area contributed by atoms with Crippen LogP contribution in [0.25, 0.3) is 0 Å². The van der Waals surface area contributed by atoms with E-state index in [1.54, 1.807) is 7.11 Å². The number of nitrogens with two attached hydrogens (primary N) is 1. The largest absolute Gasteiger partial charge is 0.383 e. The summed E-state index contributed by atoms with van der Waals surface area (Å²) < 4.78 is 5.06. The van der Waals surface area contributed by atoms with Gasteiger partial charge in [-0.15, -0.1) is 24.0 Å². The van der Waals surface area contributed by atoms with Crippen molar-refractivity contribution in [3.8, 4) is 0 Å². The highest BCUT2D eigenvalue weighted by atomic mass is 127. The average Bonchev–Trinajstić information content (AvgIpc) is 2.38. The van der Waals surface area contributed by atoms with E-state index in [0.29, 0.717) is 12.6 Å². The predicted molar refractivity (Wildman–Crippen MR) is 95.9 cm³/mol. The van der Waals surface area contributed by atoms with Gasteiger partial charge in [0, 0.05) is 18.7 Å². The number of nitrogens with zero attached hydrogens (tertiary/aromatic N) is 2. The van der Waals surface area contributed by atoms with Crippen molar-refractivity contribution in [2.45, 2.75) is 51.6 Å². The fraction of sp³-hybridized carbons (Fsp3) is 0.929. The lowest BCUT2D eigenvalue weighted by atomic mass is 9.99. The topological polar surface area (TPSA) is 62.9 Å². The van der Waals surface area contributed by atoms with E-state index in [0.717, 1.165) is 6.54 Å². The quantitative estimate of drug-likeness (QED) is 0.407. The Hall–Kier alpha value is -0.0800. The maximum Gasteiger partial charge on any atom is 0.188 e. The molecule has 120 valence electrons. The molecular weight excluding hydrogens is 367 g/mol. The summed E-state index contributed by atoms with van der Waals surface area (Å²) in [6.45, 7) is 10.2. The van der Waals surface area contributed by atoms with E-state index in [9.17, 15) is 0 Å². The van der Waals surface area contributed by atoms with Crippen LogP contribution in [0.5, 0.6) is 0 Å². The first-order chi connectivity index (χ1) is 8.95. The molecule has 20 heavy (non-hydrogen) atoms. The summed E-state index contributed by atoms with van der Waals surface area (Å²) >= 11 is 0. The van der Waals surface area contributed by atoms with Crippen molar-refractivity contribution >= 4 is 29.9 Å². The van der Waals surface area contributed by atoms with Gasteiger partial charge >= 0.3 is 0 Å². The average molecular weight is 398 g/mol. The highest BCUT2D eigenvalue weighted by Crippen LogP contribution is 2.20. The monoisotopic (exact) mass is 398 g/mol. The summed E-state index contributed by atoms with van der Waals surface area (Å²) in [5.74, 6) is 0.509.